The SMILES string of the molecule is O=C(N1CCCCC1)[N+]1(O)CCOc2ccccc2C1. The molecule has 0 aromatic heterocycles. The molecule has 2 aliphatic rings. The van der Waals surface area contributed by atoms with Gasteiger partial charge in [-0.1, -0.05) is 16.8 Å². The van der Waals surface area contributed by atoms with Crippen molar-refractivity contribution in [3.8, 4) is 5.75 Å². The first-order chi connectivity index (χ1) is 9.69. The average Bonchev–Trinajstić information content (AvgIpc) is 2.66. The number of nitrogens with zero attached hydrogens (tertiary/aromatic N) is 2. The van der Waals surface area contributed by atoms with E-state index in [0.29, 0.717) is 13.2 Å². The monoisotopic (exact) mass is 277 g/mol. The zero-order valence-corrected chi connectivity index (χ0v) is 11.6. The maximum absolute atomic E-state index is 12.6. The molecule has 5 heteroatoms. The van der Waals surface area contributed by atoms with E-state index in [9.17, 15) is 10.0 Å². The maximum Gasteiger partial charge on any atom is 0.451 e. The molecule has 1 fully saturated rings. The number of likely N-dealkylation sites (tertiary alicyclic amines) is 1. The molecule has 0 saturated carbocycles. The molecule has 1 unspecified atom stereocenters. The van der Waals surface area contributed by atoms with Crippen LogP contribution in [0.4, 0.5) is 4.79 Å². The van der Waals surface area contributed by atoms with Gasteiger partial charge in [0.2, 0.25) is 0 Å². The molecule has 0 aliphatic carbocycles. The van der Waals surface area contributed by atoms with Crippen molar-refractivity contribution in [3.05, 3.63) is 29.8 Å². The number of para-hydroxylation sites is 1. The van der Waals surface area contributed by atoms with E-state index >= 15 is 0 Å². The Labute approximate surface area is 118 Å². The molecule has 2 aliphatic heterocycles. The highest BCUT2D eigenvalue weighted by molar-refractivity contribution is 5.66. The smallest absolute Gasteiger partial charge is 0.451 e. The third kappa shape index (κ3) is 2.51. The summed E-state index contributed by atoms with van der Waals surface area (Å²) in [6.07, 6.45) is 3.22. The van der Waals surface area contributed by atoms with Gasteiger partial charge in [0.25, 0.3) is 0 Å². The summed E-state index contributed by atoms with van der Waals surface area (Å²) in [5.74, 6) is 0.771. The molecule has 1 aromatic rings. The molecule has 5 nitrogen and oxygen atoms in total. The average molecular weight is 277 g/mol. The summed E-state index contributed by atoms with van der Waals surface area (Å²) < 4.78 is 5.06. The molecule has 108 valence electrons. The number of benzene rings is 1. The van der Waals surface area contributed by atoms with Crippen LogP contribution in [0.1, 0.15) is 24.8 Å². The second-order valence-electron chi connectivity index (χ2n) is 5.59. The van der Waals surface area contributed by atoms with E-state index < -0.39 is 4.65 Å². The summed E-state index contributed by atoms with van der Waals surface area (Å²) in [5, 5.41) is 10.8. The molecule has 0 radical (unpaired) electrons. The molecular weight excluding hydrogens is 256 g/mol. The van der Waals surface area contributed by atoms with Crippen LogP contribution >= 0.6 is 0 Å². The van der Waals surface area contributed by atoms with E-state index in [1.165, 1.54) is 6.42 Å². The largest absolute Gasteiger partial charge is 0.487 e. The number of quaternary nitrogens is 1. The summed E-state index contributed by atoms with van der Waals surface area (Å²) in [5.41, 5.74) is 0.887. The molecule has 3 rings (SSSR count). The number of carbonyl (C=O) groups excluding carboxylic acids is 1. The molecule has 1 atom stereocenters. The molecule has 0 spiro atoms. The maximum atomic E-state index is 12.6. The number of amides is 2. The lowest BCUT2D eigenvalue weighted by molar-refractivity contribution is -1.05. The van der Waals surface area contributed by atoms with Gasteiger partial charge in [0.1, 0.15) is 18.9 Å². The van der Waals surface area contributed by atoms with Gasteiger partial charge in [-0.25, -0.2) is 10.0 Å². The van der Waals surface area contributed by atoms with Gasteiger partial charge in [0.05, 0.1) is 5.56 Å². The number of carbonyl (C=O) groups is 1. The van der Waals surface area contributed by atoms with Crippen molar-refractivity contribution in [2.45, 2.75) is 25.8 Å². The number of rotatable bonds is 0. The van der Waals surface area contributed by atoms with Gasteiger partial charge in [-0.2, -0.15) is 0 Å². The number of hydrogen-bond acceptors (Lipinski definition) is 3. The normalized spacial score (nSPS) is 26.4. The Morgan fingerprint density at radius 2 is 1.95 bits per heavy atom. The molecule has 1 aromatic carbocycles. The predicted octanol–water partition coefficient (Wildman–Crippen LogP) is 2.39. The van der Waals surface area contributed by atoms with Crippen molar-refractivity contribution in [2.24, 2.45) is 0 Å². The predicted molar refractivity (Wildman–Crippen MR) is 73.4 cm³/mol. The summed E-state index contributed by atoms with van der Waals surface area (Å²) in [7, 11) is 0. The van der Waals surface area contributed by atoms with Crippen molar-refractivity contribution < 1.29 is 19.4 Å². The van der Waals surface area contributed by atoms with Crippen LogP contribution in [-0.4, -0.2) is 47.0 Å². The fraction of sp³-hybridized carbons (Fsp3) is 0.533. The van der Waals surface area contributed by atoms with Gasteiger partial charge >= 0.3 is 6.03 Å². The molecule has 2 heterocycles. The molecule has 0 bridgehead atoms. The molecule has 1 N–H and O–H groups in total. The van der Waals surface area contributed by atoms with Crippen molar-refractivity contribution in [2.75, 3.05) is 26.2 Å². The van der Waals surface area contributed by atoms with Gasteiger partial charge in [0, 0.05) is 13.1 Å². The van der Waals surface area contributed by atoms with Gasteiger partial charge in [-0.15, -0.1) is 0 Å². The van der Waals surface area contributed by atoms with Crippen LogP contribution in [-0.2, 0) is 6.54 Å². The fourth-order valence-electron chi connectivity index (χ4n) is 2.95. The molecule has 20 heavy (non-hydrogen) atoms. The summed E-state index contributed by atoms with van der Waals surface area (Å²) in [6.45, 7) is 2.44. The summed E-state index contributed by atoms with van der Waals surface area (Å²) >= 11 is 0. The Bertz CT molecular complexity index is 500. The topological polar surface area (TPSA) is 49.8 Å². The van der Waals surface area contributed by atoms with Crippen LogP contribution in [0, 0.1) is 0 Å². The Hall–Kier alpha value is -1.59. The second kappa shape index (κ2) is 5.42. The van der Waals surface area contributed by atoms with E-state index in [4.69, 9.17) is 4.74 Å². The van der Waals surface area contributed by atoms with Crippen LogP contribution in [0.5, 0.6) is 5.75 Å². The first-order valence-electron chi connectivity index (χ1n) is 7.29. The van der Waals surface area contributed by atoms with E-state index in [-0.39, 0.29) is 12.6 Å². The van der Waals surface area contributed by atoms with Crippen LogP contribution in [0.15, 0.2) is 24.3 Å². The van der Waals surface area contributed by atoms with Gasteiger partial charge < -0.3 is 4.74 Å². The quantitative estimate of drug-likeness (QED) is 0.585. The second-order valence-corrected chi connectivity index (χ2v) is 5.59. The number of piperidine rings is 1. The van der Waals surface area contributed by atoms with Gasteiger partial charge in [-0.3, -0.25) is 4.90 Å². The van der Waals surface area contributed by atoms with E-state index in [1.54, 1.807) is 4.90 Å². The highest BCUT2D eigenvalue weighted by atomic mass is 16.6. The number of hydrogen-bond donors (Lipinski definition) is 1. The fourth-order valence-corrected chi connectivity index (χ4v) is 2.95. The van der Waals surface area contributed by atoms with E-state index in [2.05, 4.69) is 0 Å². The lowest BCUT2D eigenvalue weighted by atomic mass is 10.1. The van der Waals surface area contributed by atoms with E-state index in [0.717, 1.165) is 37.2 Å². The number of fused-ring (bicyclic) bond motifs is 1. The van der Waals surface area contributed by atoms with E-state index in [1.807, 2.05) is 24.3 Å². The summed E-state index contributed by atoms with van der Waals surface area (Å²) in [4.78, 5) is 14.4. The highest BCUT2D eigenvalue weighted by Gasteiger charge is 2.42. The lowest BCUT2D eigenvalue weighted by Crippen LogP contribution is -2.57. The number of ether oxygens (including phenoxy) is 1. The minimum Gasteiger partial charge on any atom is -0.487 e. The van der Waals surface area contributed by atoms with Gasteiger partial charge in [-0.05, 0) is 31.4 Å². The van der Waals surface area contributed by atoms with Crippen LogP contribution in [0.2, 0.25) is 0 Å². The van der Waals surface area contributed by atoms with Crippen molar-refractivity contribution in [3.63, 3.8) is 0 Å². The molecular formula is C15H21N2O3+. The van der Waals surface area contributed by atoms with Crippen molar-refractivity contribution >= 4 is 6.03 Å². The highest BCUT2D eigenvalue weighted by Crippen LogP contribution is 2.27. The summed E-state index contributed by atoms with van der Waals surface area (Å²) in [6, 6.07) is 7.42. The number of hydroxylamine groups is 3. The van der Waals surface area contributed by atoms with Crippen molar-refractivity contribution in [1.82, 2.24) is 4.90 Å². The third-order valence-corrected chi connectivity index (χ3v) is 4.11. The van der Waals surface area contributed by atoms with Crippen LogP contribution < -0.4 is 4.74 Å². The zero-order valence-electron chi connectivity index (χ0n) is 11.6. The van der Waals surface area contributed by atoms with Gasteiger partial charge in [0.15, 0.2) is 6.54 Å². The third-order valence-electron chi connectivity index (χ3n) is 4.11. The lowest BCUT2D eigenvalue weighted by Gasteiger charge is -2.33. The minimum absolute atomic E-state index is 0.190. The van der Waals surface area contributed by atoms with Crippen molar-refractivity contribution in [1.29, 1.82) is 0 Å². The zero-order chi connectivity index (χ0) is 14.0. The first kappa shape index (κ1) is 13.4. The van der Waals surface area contributed by atoms with Crippen LogP contribution in [0.25, 0.3) is 0 Å². The number of urea groups is 1. The Morgan fingerprint density at radius 3 is 2.75 bits per heavy atom. The Morgan fingerprint density at radius 1 is 1.20 bits per heavy atom. The van der Waals surface area contributed by atoms with Crippen LogP contribution in [0.3, 0.4) is 0 Å². The Balaban J connectivity index is 1.82. The minimum atomic E-state index is -0.572. The standard InChI is InChI=1S/C15H21N2O3/c18-15(16-8-4-1-5-9-16)17(19)10-11-20-14-7-3-2-6-13(14)12-17/h2-3,6-7,19H,1,4-5,8-12H2/q+1. The molecule has 2 amide bonds. The Kier molecular flexibility index (Phi) is 3.63. The first-order valence-corrected chi connectivity index (χ1v) is 7.29. The molecule has 1 saturated heterocycles.